The van der Waals surface area contributed by atoms with Crippen molar-refractivity contribution in [3.05, 3.63) is 0 Å². The van der Waals surface area contributed by atoms with Crippen LogP contribution in [0.3, 0.4) is 0 Å². The molecule has 0 nitrogen and oxygen atoms in total. The van der Waals surface area contributed by atoms with Gasteiger partial charge >= 0.3 is 0 Å². The number of hydrogen-bond acceptors (Lipinski definition) is 3. The topological polar surface area (TPSA) is 0 Å². The van der Waals surface area contributed by atoms with E-state index >= 15 is 0 Å². The monoisotopic (exact) mass is 156 g/mol. The van der Waals surface area contributed by atoms with Gasteiger partial charge in [0, 0.05) is 0 Å². The maximum atomic E-state index is 4.53. The standard InChI is InChI=1S/C2H4S4/c3-1(4)2(5)6/h1,3-4H,(H,5,6). The normalized spacial score (nSPS) is 9.33. The van der Waals surface area contributed by atoms with Crippen molar-refractivity contribution < 1.29 is 0 Å². The number of thiocarbonyl (C=S) groups is 1. The Morgan fingerprint density at radius 3 is 1.67 bits per heavy atom. The second kappa shape index (κ2) is 3.18. The zero-order chi connectivity index (χ0) is 5.15. The van der Waals surface area contributed by atoms with E-state index in [-0.39, 0.29) is 4.58 Å². The summed E-state index contributed by atoms with van der Waals surface area (Å²) in [5.41, 5.74) is 0. The summed E-state index contributed by atoms with van der Waals surface area (Å²) >= 11 is 16.0. The fourth-order valence-corrected chi connectivity index (χ4v) is 0. The SMILES string of the molecule is S=C(S)C(S)S. The number of hydrogen-bond donors (Lipinski definition) is 3. The van der Waals surface area contributed by atoms with Crippen molar-refractivity contribution in [2.75, 3.05) is 0 Å². The van der Waals surface area contributed by atoms with Gasteiger partial charge in [0.2, 0.25) is 0 Å². The lowest BCUT2D eigenvalue weighted by atomic mass is 10.9. The maximum Gasteiger partial charge on any atom is 0.0851 e. The Labute approximate surface area is 58.9 Å². The molecule has 0 fully saturated rings. The van der Waals surface area contributed by atoms with Gasteiger partial charge in [0.1, 0.15) is 0 Å². The molecule has 0 radical (unpaired) electrons. The summed E-state index contributed by atoms with van der Waals surface area (Å²) in [4.78, 5) is 0. The van der Waals surface area contributed by atoms with Crippen LogP contribution in [0, 0.1) is 0 Å². The molecule has 0 aromatic heterocycles. The van der Waals surface area contributed by atoms with E-state index in [1.54, 1.807) is 0 Å². The molecule has 0 saturated heterocycles. The van der Waals surface area contributed by atoms with Crippen LogP contribution < -0.4 is 0 Å². The highest BCUT2D eigenvalue weighted by Crippen LogP contribution is 2.04. The minimum atomic E-state index is -0.164. The first-order chi connectivity index (χ1) is 2.64. The molecular weight excluding hydrogens is 152 g/mol. The molecule has 0 heterocycles. The third kappa shape index (κ3) is 3.33. The Bertz CT molecular complexity index is 56.6. The Morgan fingerprint density at radius 1 is 1.50 bits per heavy atom. The largest absolute Gasteiger partial charge is 0.159 e. The van der Waals surface area contributed by atoms with Crippen LogP contribution in [0.5, 0.6) is 0 Å². The summed E-state index contributed by atoms with van der Waals surface area (Å²) in [6.07, 6.45) is 0. The smallest absolute Gasteiger partial charge is 0.0851 e. The van der Waals surface area contributed by atoms with Gasteiger partial charge in [0.15, 0.2) is 0 Å². The van der Waals surface area contributed by atoms with Crippen LogP contribution in [-0.2, 0) is 0 Å². The molecule has 0 atom stereocenters. The third-order valence-corrected chi connectivity index (χ3v) is 1.99. The summed E-state index contributed by atoms with van der Waals surface area (Å²) in [5, 5.41) is 0. The van der Waals surface area contributed by atoms with Crippen molar-refractivity contribution in [2.24, 2.45) is 0 Å². The first kappa shape index (κ1) is 7.14. The van der Waals surface area contributed by atoms with Crippen LogP contribution >= 0.6 is 50.1 Å². The highest BCUT2D eigenvalue weighted by molar-refractivity contribution is 8.16. The summed E-state index contributed by atoms with van der Waals surface area (Å²) < 4.78 is 0.352. The first-order valence-corrected chi connectivity index (χ1v) is 3.12. The lowest BCUT2D eigenvalue weighted by molar-refractivity contribution is 2.01. The molecule has 0 aromatic rings. The molecule has 0 bridgehead atoms. The van der Waals surface area contributed by atoms with Gasteiger partial charge in [-0.15, -0.1) is 12.6 Å². The predicted molar refractivity (Wildman–Crippen MR) is 43.3 cm³/mol. The molecule has 0 aliphatic carbocycles. The van der Waals surface area contributed by atoms with Crippen LogP contribution in [0.1, 0.15) is 0 Å². The predicted octanol–water partition coefficient (Wildman–Crippen LogP) is 1.43. The zero-order valence-electron chi connectivity index (χ0n) is 2.83. The van der Waals surface area contributed by atoms with Gasteiger partial charge in [-0.25, -0.2) is 0 Å². The van der Waals surface area contributed by atoms with Crippen LogP contribution in [0.2, 0.25) is 0 Å². The molecule has 4 heteroatoms. The van der Waals surface area contributed by atoms with E-state index in [2.05, 4.69) is 50.1 Å². The fraction of sp³-hybridized carbons (Fsp3) is 0.500. The van der Waals surface area contributed by atoms with Crippen molar-refractivity contribution in [3.63, 3.8) is 0 Å². The average molecular weight is 156 g/mol. The number of thiol groups is 3. The minimum Gasteiger partial charge on any atom is -0.159 e. The molecule has 0 spiro atoms. The van der Waals surface area contributed by atoms with E-state index in [0.29, 0.717) is 4.20 Å². The first-order valence-electron chi connectivity index (χ1n) is 1.23. The molecule has 0 aliphatic heterocycles. The highest BCUT2D eigenvalue weighted by Gasteiger charge is 1.93. The molecular formula is C2H4S4. The Hall–Kier alpha value is 1.14. The molecule has 0 unspecified atom stereocenters. The van der Waals surface area contributed by atoms with E-state index in [1.807, 2.05) is 0 Å². The van der Waals surface area contributed by atoms with Gasteiger partial charge in [-0.1, -0.05) is 12.2 Å². The highest BCUT2D eigenvalue weighted by atomic mass is 32.2. The molecule has 0 aromatic carbocycles. The van der Waals surface area contributed by atoms with Crippen molar-refractivity contribution in [1.29, 1.82) is 0 Å². The van der Waals surface area contributed by atoms with E-state index in [9.17, 15) is 0 Å². The minimum absolute atomic E-state index is 0.164. The van der Waals surface area contributed by atoms with E-state index in [0.717, 1.165) is 0 Å². The van der Waals surface area contributed by atoms with Gasteiger partial charge < -0.3 is 0 Å². The fourth-order valence-electron chi connectivity index (χ4n) is 0. The van der Waals surface area contributed by atoms with E-state index in [1.165, 1.54) is 0 Å². The Kier molecular flexibility index (Phi) is 3.79. The van der Waals surface area contributed by atoms with Crippen LogP contribution in [0.15, 0.2) is 0 Å². The van der Waals surface area contributed by atoms with Crippen LogP contribution in [-0.4, -0.2) is 8.78 Å². The summed E-state index contributed by atoms with van der Waals surface area (Å²) in [5.74, 6) is 0. The van der Waals surface area contributed by atoms with Gasteiger partial charge in [-0.2, -0.15) is 25.3 Å². The van der Waals surface area contributed by atoms with Crippen molar-refractivity contribution in [2.45, 2.75) is 4.58 Å². The second-order valence-corrected chi connectivity index (χ2v) is 3.38. The molecule has 6 heavy (non-hydrogen) atoms. The maximum absolute atomic E-state index is 4.53. The van der Waals surface area contributed by atoms with Gasteiger partial charge in [0.25, 0.3) is 0 Å². The summed E-state index contributed by atoms with van der Waals surface area (Å²) in [7, 11) is 0. The zero-order valence-corrected chi connectivity index (χ0v) is 6.33. The van der Waals surface area contributed by atoms with Crippen molar-refractivity contribution >= 4 is 54.3 Å². The van der Waals surface area contributed by atoms with Gasteiger partial charge in [-0.05, 0) is 0 Å². The molecule has 0 rings (SSSR count). The van der Waals surface area contributed by atoms with Gasteiger partial charge in [-0.3, -0.25) is 0 Å². The summed E-state index contributed by atoms with van der Waals surface area (Å²) in [6, 6.07) is 0. The van der Waals surface area contributed by atoms with Crippen LogP contribution in [0.4, 0.5) is 0 Å². The Morgan fingerprint density at radius 2 is 1.67 bits per heavy atom. The second-order valence-electron chi connectivity index (χ2n) is 0.712. The van der Waals surface area contributed by atoms with Crippen molar-refractivity contribution in [1.82, 2.24) is 0 Å². The summed E-state index contributed by atoms with van der Waals surface area (Å²) in [6.45, 7) is 0. The Balaban J connectivity index is 3.26. The molecule has 36 valence electrons. The van der Waals surface area contributed by atoms with Crippen molar-refractivity contribution in [3.8, 4) is 0 Å². The lowest BCUT2D eigenvalue weighted by Crippen LogP contribution is -1.92. The van der Waals surface area contributed by atoms with Gasteiger partial charge in [0.05, 0.1) is 8.78 Å². The van der Waals surface area contributed by atoms with E-state index < -0.39 is 0 Å². The molecule has 0 aliphatic rings. The molecule has 0 N–H and O–H groups in total. The van der Waals surface area contributed by atoms with E-state index in [4.69, 9.17) is 0 Å². The number of rotatable bonds is 1. The molecule has 0 amide bonds. The molecule has 0 saturated carbocycles. The quantitative estimate of drug-likeness (QED) is 0.293. The third-order valence-electron chi connectivity index (χ3n) is 0.221. The average Bonchev–Trinajstić information content (AvgIpc) is 1.36. The van der Waals surface area contributed by atoms with Crippen LogP contribution in [0.25, 0.3) is 0 Å². The lowest BCUT2D eigenvalue weighted by Gasteiger charge is -1.92.